The van der Waals surface area contributed by atoms with Crippen LogP contribution in [-0.2, 0) is 13.2 Å². The zero-order chi connectivity index (χ0) is 18.9. The minimum atomic E-state index is -0.235. The molecule has 6 heteroatoms. The van der Waals surface area contributed by atoms with Crippen molar-refractivity contribution in [2.24, 2.45) is 0 Å². The Hall–Kier alpha value is -1.85. The van der Waals surface area contributed by atoms with E-state index in [0.717, 1.165) is 43.9 Å². The van der Waals surface area contributed by atoms with Gasteiger partial charge in [-0.3, -0.25) is 0 Å². The molecular formula is C23H29Cl2FN2O. The number of hydrogen-bond acceptors (Lipinski definition) is 3. The fraction of sp³-hybridized carbons (Fsp3) is 0.304. The molecule has 0 saturated carbocycles. The van der Waals surface area contributed by atoms with Crippen LogP contribution in [0.3, 0.4) is 0 Å². The highest BCUT2D eigenvalue weighted by Gasteiger charge is 2.10. The summed E-state index contributed by atoms with van der Waals surface area (Å²) in [7, 11) is 0. The monoisotopic (exact) mass is 438 g/mol. The van der Waals surface area contributed by atoms with Crippen LogP contribution in [0.2, 0.25) is 0 Å². The minimum Gasteiger partial charge on any atom is -0.488 e. The van der Waals surface area contributed by atoms with E-state index in [0.29, 0.717) is 5.56 Å². The topological polar surface area (TPSA) is 33.3 Å². The van der Waals surface area contributed by atoms with Gasteiger partial charge in [0.15, 0.2) is 0 Å². The summed E-state index contributed by atoms with van der Waals surface area (Å²) >= 11 is 0. The van der Waals surface area contributed by atoms with Crippen LogP contribution in [0.4, 0.5) is 4.39 Å². The van der Waals surface area contributed by atoms with E-state index in [-0.39, 0.29) is 37.2 Å². The fourth-order valence-electron chi connectivity index (χ4n) is 3.13. The number of fused-ring (bicyclic) bond motifs is 1. The van der Waals surface area contributed by atoms with E-state index in [9.17, 15) is 4.39 Å². The lowest BCUT2D eigenvalue weighted by Gasteiger charge is -2.15. The Balaban J connectivity index is 0.00000210. The second-order valence-corrected chi connectivity index (χ2v) is 6.53. The van der Waals surface area contributed by atoms with E-state index in [1.165, 1.54) is 16.8 Å². The Morgan fingerprint density at radius 3 is 2.38 bits per heavy atom. The van der Waals surface area contributed by atoms with E-state index < -0.39 is 0 Å². The van der Waals surface area contributed by atoms with Crippen molar-refractivity contribution in [3.05, 3.63) is 77.6 Å². The number of benzene rings is 3. The molecule has 0 aliphatic rings. The normalized spacial score (nSPS) is 10.3. The predicted octanol–water partition coefficient (Wildman–Crippen LogP) is 5.49. The molecule has 0 aliphatic carbocycles. The SMILES string of the molecule is CCNCCCNCc1c(OCc2ccccc2F)ccc2ccccc12.Cl.Cl. The fourth-order valence-corrected chi connectivity index (χ4v) is 3.13. The van der Waals surface area contributed by atoms with Crippen molar-refractivity contribution >= 4 is 35.6 Å². The molecule has 3 rings (SSSR count). The highest BCUT2D eigenvalue weighted by Crippen LogP contribution is 2.29. The lowest BCUT2D eigenvalue weighted by Crippen LogP contribution is -2.21. The number of rotatable bonds is 10. The first kappa shape index (κ1) is 25.2. The summed E-state index contributed by atoms with van der Waals surface area (Å²) in [5.41, 5.74) is 1.68. The molecule has 2 N–H and O–H groups in total. The van der Waals surface area contributed by atoms with Gasteiger partial charge in [-0.25, -0.2) is 4.39 Å². The van der Waals surface area contributed by atoms with Crippen LogP contribution in [0.1, 0.15) is 24.5 Å². The van der Waals surface area contributed by atoms with Crippen molar-refractivity contribution in [2.75, 3.05) is 19.6 Å². The number of halogens is 3. The third-order valence-corrected chi connectivity index (χ3v) is 4.60. The Morgan fingerprint density at radius 2 is 1.59 bits per heavy atom. The Labute approximate surface area is 184 Å². The molecule has 0 radical (unpaired) electrons. The maximum Gasteiger partial charge on any atom is 0.129 e. The van der Waals surface area contributed by atoms with Crippen LogP contribution in [0.15, 0.2) is 60.7 Å². The largest absolute Gasteiger partial charge is 0.488 e. The highest BCUT2D eigenvalue weighted by molar-refractivity contribution is 5.87. The third-order valence-electron chi connectivity index (χ3n) is 4.60. The predicted molar refractivity (Wildman–Crippen MR) is 124 cm³/mol. The van der Waals surface area contributed by atoms with Gasteiger partial charge in [-0.1, -0.05) is 55.5 Å². The first-order valence-electron chi connectivity index (χ1n) is 9.58. The van der Waals surface area contributed by atoms with Crippen molar-refractivity contribution in [1.29, 1.82) is 0 Å². The molecular weight excluding hydrogens is 410 g/mol. The second-order valence-electron chi connectivity index (χ2n) is 6.53. The van der Waals surface area contributed by atoms with Gasteiger partial charge in [0, 0.05) is 17.7 Å². The summed E-state index contributed by atoms with van der Waals surface area (Å²) in [5, 5.41) is 9.19. The molecule has 0 bridgehead atoms. The Kier molecular flexibility index (Phi) is 11.6. The quantitative estimate of drug-likeness (QED) is 0.410. The van der Waals surface area contributed by atoms with Gasteiger partial charge in [0.25, 0.3) is 0 Å². The van der Waals surface area contributed by atoms with Gasteiger partial charge in [-0.15, -0.1) is 24.8 Å². The first-order valence-corrected chi connectivity index (χ1v) is 9.58. The van der Waals surface area contributed by atoms with E-state index in [2.05, 4.69) is 35.8 Å². The number of nitrogens with one attached hydrogen (secondary N) is 2. The molecule has 0 unspecified atom stereocenters. The summed E-state index contributed by atoms with van der Waals surface area (Å²) in [4.78, 5) is 0. The molecule has 29 heavy (non-hydrogen) atoms. The smallest absolute Gasteiger partial charge is 0.129 e. The summed E-state index contributed by atoms with van der Waals surface area (Å²) in [6.45, 7) is 6.00. The summed E-state index contributed by atoms with van der Waals surface area (Å²) in [6, 6.07) is 19.1. The number of ether oxygens (including phenoxy) is 1. The molecule has 0 amide bonds. The van der Waals surface area contributed by atoms with Crippen molar-refractivity contribution in [2.45, 2.75) is 26.5 Å². The van der Waals surface area contributed by atoms with Crippen molar-refractivity contribution < 1.29 is 9.13 Å². The van der Waals surface area contributed by atoms with Gasteiger partial charge in [-0.05, 0) is 49.0 Å². The van der Waals surface area contributed by atoms with Gasteiger partial charge < -0.3 is 15.4 Å². The summed E-state index contributed by atoms with van der Waals surface area (Å²) in [6.07, 6.45) is 1.07. The lowest BCUT2D eigenvalue weighted by molar-refractivity contribution is 0.296. The van der Waals surface area contributed by atoms with E-state index >= 15 is 0 Å². The van der Waals surface area contributed by atoms with Gasteiger partial charge in [0.1, 0.15) is 18.2 Å². The second kappa shape index (κ2) is 13.4. The summed E-state index contributed by atoms with van der Waals surface area (Å²) < 4.78 is 19.9. The first-order chi connectivity index (χ1) is 13.3. The van der Waals surface area contributed by atoms with Crippen molar-refractivity contribution in [3.8, 4) is 5.75 Å². The maximum atomic E-state index is 13.9. The standard InChI is InChI=1S/C23H27FN2O.2ClH/c1-2-25-14-7-15-26-16-21-20-10-5-3-8-18(20)12-13-23(21)27-17-19-9-4-6-11-22(19)24;;/h3-6,8-13,25-26H,2,7,14-17H2,1H3;2*1H. The van der Waals surface area contributed by atoms with Gasteiger partial charge in [0.2, 0.25) is 0 Å². The summed E-state index contributed by atoms with van der Waals surface area (Å²) in [5.74, 6) is 0.567. The van der Waals surface area contributed by atoms with Crippen LogP contribution in [-0.4, -0.2) is 19.6 Å². The van der Waals surface area contributed by atoms with E-state index in [1.54, 1.807) is 12.1 Å². The molecule has 0 fully saturated rings. The van der Waals surface area contributed by atoms with Gasteiger partial charge >= 0.3 is 0 Å². The molecule has 0 spiro atoms. The molecule has 3 aromatic carbocycles. The van der Waals surface area contributed by atoms with Gasteiger partial charge in [0.05, 0.1) is 0 Å². The lowest BCUT2D eigenvalue weighted by atomic mass is 10.0. The van der Waals surface area contributed by atoms with Crippen molar-refractivity contribution in [1.82, 2.24) is 10.6 Å². The van der Waals surface area contributed by atoms with Crippen molar-refractivity contribution in [3.63, 3.8) is 0 Å². The average molecular weight is 439 g/mol. The van der Waals surface area contributed by atoms with Crippen LogP contribution in [0.5, 0.6) is 5.75 Å². The van der Waals surface area contributed by atoms with Crippen LogP contribution >= 0.6 is 24.8 Å². The van der Waals surface area contributed by atoms with E-state index in [1.807, 2.05) is 24.3 Å². The molecule has 3 nitrogen and oxygen atoms in total. The molecule has 158 valence electrons. The Bertz CT molecular complexity index is 876. The molecule has 3 aromatic rings. The number of hydrogen-bond donors (Lipinski definition) is 2. The zero-order valence-corrected chi connectivity index (χ0v) is 18.3. The molecule has 0 aromatic heterocycles. The van der Waals surface area contributed by atoms with Crippen LogP contribution in [0, 0.1) is 5.82 Å². The minimum absolute atomic E-state index is 0. The zero-order valence-electron chi connectivity index (χ0n) is 16.6. The Morgan fingerprint density at radius 1 is 0.862 bits per heavy atom. The molecule has 0 atom stereocenters. The van der Waals surface area contributed by atoms with E-state index in [4.69, 9.17) is 4.74 Å². The molecule has 0 saturated heterocycles. The molecule has 0 heterocycles. The maximum absolute atomic E-state index is 13.9. The van der Waals surface area contributed by atoms with Crippen LogP contribution in [0.25, 0.3) is 10.8 Å². The molecule has 0 aliphatic heterocycles. The third kappa shape index (κ3) is 7.16. The van der Waals surface area contributed by atoms with Crippen LogP contribution < -0.4 is 15.4 Å². The van der Waals surface area contributed by atoms with Gasteiger partial charge in [-0.2, -0.15) is 0 Å². The average Bonchev–Trinajstić information content (AvgIpc) is 2.70. The highest BCUT2D eigenvalue weighted by atomic mass is 35.5.